The molecule has 0 bridgehead atoms. The zero-order chi connectivity index (χ0) is 17.3. The number of ether oxygens (including phenoxy) is 1. The molecule has 0 radical (unpaired) electrons. The van der Waals surface area contributed by atoms with Gasteiger partial charge in [0.15, 0.2) is 5.34 Å². The largest absolute Gasteiger partial charge is 0.475 e. The van der Waals surface area contributed by atoms with Gasteiger partial charge in [-0.1, -0.05) is 40.2 Å². The van der Waals surface area contributed by atoms with Gasteiger partial charge in [-0.05, 0) is 57.6 Å². The van der Waals surface area contributed by atoms with Crippen molar-refractivity contribution in [3.05, 3.63) is 40.2 Å². The molecule has 3 nitrogen and oxygen atoms in total. The number of hydrogen-bond acceptors (Lipinski definition) is 3. The van der Waals surface area contributed by atoms with E-state index in [0.717, 1.165) is 61.5 Å². The van der Waals surface area contributed by atoms with Gasteiger partial charge < -0.3 is 15.4 Å². The zero-order valence-electron chi connectivity index (χ0n) is 14.9. The van der Waals surface area contributed by atoms with Crippen LogP contribution in [0.25, 0.3) is 0 Å². The van der Waals surface area contributed by atoms with Gasteiger partial charge in [0.1, 0.15) is 18.2 Å². The summed E-state index contributed by atoms with van der Waals surface area (Å²) in [6, 6.07) is 4.31. The van der Waals surface area contributed by atoms with Crippen LogP contribution in [-0.4, -0.2) is 18.4 Å². The van der Waals surface area contributed by atoms with Crippen LogP contribution in [-0.2, 0) is 19.5 Å². The summed E-state index contributed by atoms with van der Waals surface area (Å²) in [5.74, 6) is 2.00. The molecule has 1 saturated carbocycles. The van der Waals surface area contributed by atoms with E-state index < -0.39 is 12.0 Å². The maximum absolute atomic E-state index is 6.67. The molecule has 2 aliphatic rings. The van der Waals surface area contributed by atoms with Crippen LogP contribution in [0.5, 0.6) is 5.75 Å². The molecular weight excluding hydrogens is 463 g/mol. The molecule has 2 N–H and O–H groups in total. The Morgan fingerprint density at radius 3 is 2.20 bits per heavy atom. The number of nitrogens with one attached hydrogen (secondary N) is 2. The van der Waals surface area contributed by atoms with Gasteiger partial charge in [-0.15, -0.1) is 0 Å². The summed E-state index contributed by atoms with van der Waals surface area (Å²) in [6.45, 7) is 6.82. The van der Waals surface area contributed by atoms with E-state index in [2.05, 4.69) is 43.5 Å². The Morgan fingerprint density at radius 2 is 1.64 bits per heavy atom. The van der Waals surface area contributed by atoms with Gasteiger partial charge in [0.05, 0.1) is 0 Å². The van der Waals surface area contributed by atoms with Crippen molar-refractivity contribution in [1.29, 1.82) is 0 Å². The molecule has 0 aromatic heterocycles. The minimum absolute atomic E-state index is 0. The number of benzene rings is 1. The zero-order valence-corrected chi connectivity index (χ0v) is 19.0. The molecule has 0 amide bonds. The van der Waals surface area contributed by atoms with E-state index in [0.29, 0.717) is 0 Å². The van der Waals surface area contributed by atoms with Crippen LogP contribution in [0.4, 0.5) is 0 Å². The first-order valence-corrected chi connectivity index (χ1v) is 11.7. The van der Waals surface area contributed by atoms with E-state index in [1.54, 1.807) is 0 Å². The van der Waals surface area contributed by atoms with Crippen LogP contribution in [0.3, 0.4) is 0 Å². The molecule has 25 heavy (non-hydrogen) atoms. The van der Waals surface area contributed by atoms with Gasteiger partial charge in [-0.25, -0.2) is 0 Å². The number of hydrogen-bond donors (Lipinski definition) is 2. The van der Waals surface area contributed by atoms with Crippen LogP contribution in [0.15, 0.2) is 23.5 Å². The predicted octanol–water partition coefficient (Wildman–Crippen LogP) is 5.45. The Kier molecular flexibility index (Phi) is 7.49. The van der Waals surface area contributed by atoms with Gasteiger partial charge in [-0.2, -0.15) is 0 Å². The Balaban J connectivity index is 0.00000225. The first kappa shape index (κ1) is 21.3. The summed E-state index contributed by atoms with van der Waals surface area (Å²) < 4.78 is 6.67. The monoisotopic (exact) mass is 488 g/mol. The molecule has 0 spiro atoms. The third-order valence-corrected chi connectivity index (χ3v) is 7.61. The van der Waals surface area contributed by atoms with E-state index in [4.69, 9.17) is 27.2 Å². The van der Waals surface area contributed by atoms with Gasteiger partial charge in [0, 0.05) is 38.1 Å². The second kappa shape index (κ2) is 8.79. The standard InChI is InChI=1S/C18H25Cl2N2OP.Ru/c1-12-10-13(2)16(14(3)11-12)23-18(24(19)20)7-5-4-6-15(18)17-21-8-9-22-17;/h10-11,21-22H,4-9H2,1-3H3;. The van der Waals surface area contributed by atoms with E-state index in [1.165, 1.54) is 11.1 Å². The second-order valence-corrected chi connectivity index (χ2v) is 10.5. The molecule has 1 heterocycles. The van der Waals surface area contributed by atoms with Crippen molar-refractivity contribution in [2.24, 2.45) is 0 Å². The SMILES string of the molecule is Cc1cc(C)c(OC2(P(Cl)Cl)CCCCC2=C2NCCN2)c(C)c1.[Ru]. The van der Waals surface area contributed by atoms with E-state index in [-0.39, 0.29) is 19.5 Å². The normalized spacial score (nSPS) is 23.1. The summed E-state index contributed by atoms with van der Waals surface area (Å²) in [7, 11) is 0. The van der Waals surface area contributed by atoms with Gasteiger partial charge in [0.2, 0.25) is 0 Å². The van der Waals surface area contributed by atoms with Crippen molar-refractivity contribution >= 4 is 29.1 Å². The van der Waals surface area contributed by atoms with Crippen molar-refractivity contribution in [3.63, 3.8) is 0 Å². The van der Waals surface area contributed by atoms with Crippen LogP contribution in [0.2, 0.25) is 0 Å². The third kappa shape index (κ3) is 4.29. The van der Waals surface area contributed by atoms with E-state index in [1.807, 2.05) is 0 Å². The fourth-order valence-corrected chi connectivity index (χ4v) is 6.06. The molecule has 2 fully saturated rings. The average molecular weight is 488 g/mol. The fourth-order valence-electron chi connectivity index (χ4n) is 3.81. The van der Waals surface area contributed by atoms with Crippen molar-refractivity contribution in [2.45, 2.75) is 51.8 Å². The van der Waals surface area contributed by atoms with E-state index in [9.17, 15) is 0 Å². The molecule has 1 saturated heterocycles. The summed E-state index contributed by atoms with van der Waals surface area (Å²) in [5.41, 5.74) is 4.73. The molecule has 1 unspecified atom stereocenters. The Bertz CT molecular complexity index is 637. The smallest absolute Gasteiger partial charge is 0.180 e. The molecular formula is C18H25Cl2N2OPRu. The van der Waals surface area contributed by atoms with Crippen LogP contribution < -0.4 is 15.4 Å². The summed E-state index contributed by atoms with van der Waals surface area (Å²) in [6.07, 6.45) is 4.06. The minimum atomic E-state index is -1.33. The molecule has 1 aliphatic carbocycles. The molecule has 1 aliphatic heterocycles. The van der Waals surface area contributed by atoms with Crippen molar-refractivity contribution in [2.75, 3.05) is 13.1 Å². The van der Waals surface area contributed by atoms with Crippen molar-refractivity contribution < 1.29 is 24.2 Å². The molecule has 1 atom stereocenters. The molecule has 140 valence electrons. The van der Waals surface area contributed by atoms with Gasteiger partial charge >= 0.3 is 0 Å². The van der Waals surface area contributed by atoms with Crippen LogP contribution in [0.1, 0.15) is 42.4 Å². The Labute approximate surface area is 174 Å². The van der Waals surface area contributed by atoms with Gasteiger partial charge in [-0.3, -0.25) is 0 Å². The topological polar surface area (TPSA) is 33.3 Å². The maximum Gasteiger partial charge on any atom is 0.180 e. The van der Waals surface area contributed by atoms with Crippen molar-refractivity contribution in [1.82, 2.24) is 10.6 Å². The molecule has 1 aromatic rings. The predicted molar refractivity (Wildman–Crippen MR) is 104 cm³/mol. The first-order valence-electron chi connectivity index (χ1n) is 8.54. The molecule has 7 heteroatoms. The fraction of sp³-hybridized carbons (Fsp3) is 0.556. The van der Waals surface area contributed by atoms with Crippen LogP contribution in [0, 0.1) is 20.8 Å². The second-order valence-electron chi connectivity index (χ2n) is 6.76. The maximum atomic E-state index is 6.67. The van der Waals surface area contributed by atoms with E-state index >= 15 is 0 Å². The Hall–Kier alpha value is -0.00662. The molecule has 3 rings (SSSR count). The first-order chi connectivity index (χ1) is 11.4. The summed E-state index contributed by atoms with van der Waals surface area (Å²) >= 11 is 13.2. The van der Waals surface area contributed by atoms with Gasteiger partial charge in [0.25, 0.3) is 0 Å². The minimum Gasteiger partial charge on any atom is -0.475 e. The average Bonchev–Trinajstić information content (AvgIpc) is 3.05. The Morgan fingerprint density at radius 1 is 1.04 bits per heavy atom. The number of rotatable bonds is 3. The number of aryl methyl sites for hydroxylation is 3. The van der Waals surface area contributed by atoms with Crippen molar-refractivity contribution in [3.8, 4) is 5.75 Å². The molecule has 1 aromatic carbocycles. The third-order valence-electron chi connectivity index (χ3n) is 4.84. The quantitative estimate of drug-likeness (QED) is 0.439. The summed E-state index contributed by atoms with van der Waals surface area (Å²) in [5, 5.41) is 6.27. The van der Waals surface area contributed by atoms with Crippen LogP contribution >= 0.6 is 29.1 Å². The summed E-state index contributed by atoms with van der Waals surface area (Å²) in [4.78, 5) is 0. The number of halogens is 2.